The van der Waals surface area contributed by atoms with Crippen LogP contribution in [-0.2, 0) is 16.0 Å². The molecule has 0 bridgehead atoms. The number of rotatable bonds is 10. The number of cyclic esters (lactones) is 1. The van der Waals surface area contributed by atoms with Gasteiger partial charge in [-0.2, -0.15) is 0 Å². The summed E-state index contributed by atoms with van der Waals surface area (Å²) in [5, 5.41) is 10.4. The Kier molecular flexibility index (Phi) is 8.10. The molecule has 1 aromatic carbocycles. The molecule has 1 fully saturated rings. The molecule has 1 aliphatic rings. The number of carbonyl (C=O) groups excluding carboxylic acids is 2. The number of aliphatic hydroxyl groups is 1. The molecule has 0 saturated carbocycles. The minimum absolute atomic E-state index is 0.208. The van der Waals surface area contributed by atoms with E-state index in [1.165, 1.54) is 17.7 Å². The normalized spacial score (nSPS) is 19.3. The number of hydrogen-bond donors (Lipinski definition) is 1. The highest BCUT2D eigenvalue weighted by atomic mass is 16.6. The van der Waals surface area contributed by atoms with Gasteiger partial charge in [-0.25, -0.2) is 9.69 Å². The number of unbranched alkanes of at least 4 members (excludes halogenated alkanes) is 4. The van der Waals surface area contributed by atoms with Gasteiger partial charge in [-0.05, 0) is 18.4 Å². The van der Waals surface area contributed by atoms with Crippen LogP contribution in [0.15, 0.2) is 30.3 Å². The molecule has 144 valence electrons. The van der Waals surface area contributed by atoms with Crippen LogP contribution in [0, 0.1) is 5.92 Å². The maximum atomic E-state index is 12.8. The Morgan fingerprint density at radius 3 is 2.62 bits per heavy atom. The average molecular weight is 361 g/mol. The maximum absolute atomic E-state index is 12.8. The minimum Gasteiger partial charge on any atom is -0.447 e. The van der Waals surface area contributed by atoms with Gasteiger partial charge in [0.25, 0.3) is 0 Å². The fourth-order valence-corrected chi connectivity index (χ4v) is 3.36. The molecule has 26 heavy (non-hydrogen) atoms. The smallest absolute Gasteiger partial charge is 0.416 e. The first-order chi connectivity index (χ1) is 12.5. The van der Waals surface area contributed by atoms with E-state index in [9.17, 15) is 14.7 Å². The fraction of sp³-hybridized carbons (Fsp3) is 0.619. The van der Waals surface area contributed by atoms with Crippen molar-refractivity contribution in [1.29, 1.82) is 0 Å². The standard InChI is InChI=1S/C21H31NO4/c1-3-4-5-6-10-13-19(23)16(2)20(24)22-18(15-26-21(22)25)14-17-11-8-7-9-12-17/h7-9,11-12,16,18-19,23H,3-6,10,13-15H2,1-2H3. The third kappa shape index (κ3) is 5.56. The van der Waals surface area contributed by atoms with Crippen LogP contribution >= 0.6 is 0 Å². The van der Waals surface area contributed by atoms with Gasteiger partial charge in [0.05, 0.1) is 18.1 Å². The second-order valence-corrected chi connectivity index (χ2v) is 7.19. The number of carbonyl (C=O) groups is 2. The van der Waals surface area contributed by atoms with E-state index in [1.807, 2.05) is 30.3 Å². The van der Waals surface area contributed by atoms with Crippen LogP contribution in [0.5, 0.6) is 0 Å². The highest BCUT2D eigenvalue weighted by Crippen LogP contribution is 2.22. The monoisotopic (exact) mass is 361 g/mol. The lowest BCUT2D eigenvalue weighted by Gasteiger charge is -2.25. The average Bonchev–Trinajstić information content (AvgIpc) is 3.01. The van der Waals surface area contributed by atoms with Gasteiger partial charge in [-0.1, -0.05) is 76.3 Å². The van der Waals surface area contributed by atoms with Crippen LogP contribution in [-0.4, -0.2) is 40.8 Å². The zero-order chi connectivity index (χ0) is 18.9. The number of nitrogens with zero attached hydrogens (tertiary/aromatic N) is 1. The lowest BCUT2D eigenvalue weighted by atomic mass is 9.96. The molecule has 0 radical (unpaired) electrons. The van der Waals surface area contributed by atoms with Gasteiger partial charge in [0, 0.05) is 0 Å². The number of hydrogen-bond acceptors (Lipinski definition) is 4. The van der Waals surface area contributed by atoms with E-state index in [2.05, 4.69) is 6.92 Å². The van der Waals surface area contributed by atoms with E-state index < -0.39 is 18.1 Å². The third-order valence-corrected chi connectivity index (χ3v) is 5.08. The van der Waals surface area contributed by atoms with Crippen LogP contribution in [0.25, 0.3) is 0 Å². The van der Waals surface area contributed by atoms with Crippen molar-refractivity contribution in [3.05, 3.63) is 35.9 Å². The van der Waals surface area contributed by atoms with Crippen LogP contribution in [0.3, 0.4) is 0 Å². The molecular formula is C21H31NO4. The Labute approximate surface area is 156 Å². The predicted octanol–water partition coefficient (Wildman–Crippen LogP) is 3.93. The second-order valence-electron chi connectivity index (χ2n) is 7.19. The molecule has 1 aliphatic heterocycles. The molecule has 2 amide bonds. The summed E-state index contributed by atoms with van der Waals surface area (Å²) < 4.78 is 5.11. The molecular weight excluding hydrogens is 330 g/mol. The van der Waals surface area contributed by atoms with Gasteiger partial charge >= 0.3 is 6.09 Å². The Hall–Kier alpha value is -1.88. The largest absolute Gasteiger partial charge is 0.447 e. The molecule has 3 unspecified atom stereocenters. The first-order valence-corrected chi connectivity index (χ1v) is 9.76. The molecule has 5 nitrogen and oxygen atoms in total. The third-order valence-electron chi connectivity index (χ3n) is 5.08. The molecule has 2 rings (SSSR count). The maximum Gasteiger partial charge on any atom is 0.416 e. The zero-order valence-corrected chi connectivity index (χ0v) is 15.9. The predicted molar refractivity (Wildman–Crippen MR) is 101 cm³/mol. The Morgan fingerprint density at radius 1 is 1.23 bits per heavy atom. The van der Waals surface area contributed by atoms with Crippen molar-refractivity contribution in [1.82, 2.24) is 4.90 Å². The van der Waals surface area contributed by atoms with Gasteiger partial charge < -0.3 is 9.84 Å². The van der Waals surface area contributed by atoms with Crippen LogP contribution in [0.4, 0.5) is 4.79 Å². The van der Waals surface area contributed by atoms with E-state index in [1.54, 1.807) is 6.92 Å². The topological polar surface area (TPSA) is 66.8 Å². The van der Waals surface area contributed by atoms with Gasteiger partial charge in [0.1, 0.15) is 6.61 Å². The molecule has 1 saturated heterocycles. The molecule has 1 aromatic rings. The first-order valence-electron chi connectivity index (χ1n) is 9.76. The number of amides is 2. The van der Waals surface area contributed by atoms with Gasteiger partial charge in [-0.3, -0.25) is 4.79 Å². The number of ether oxygens (including phenoxy) is 1. The summed E-state index contributed by atoms with van der Waals surface area (Å²) >= 11 is 0. The zero-order valence-electron chi connectivity index (χ0n) is 15.9. The second kappa shape index (κ2) is 10.3. The molecule has 1 N–H and O–H groups in total. The van der Waals surface area contributed by atoms with Crippen molar-refractivity contribution in [2.75, 3.05) is 6.61 Å². The lowest BCUT2D eigenvalue weighted by Crippen LogP contribution is -2.45. The Morgan fingerprint density at radius 2 is 1.92 bits per heavy atom. The van der Waals surface area contributed by atoms with Crippen molar-refractivity contribution in [3.63, 3.8) is 0 Å². The SMILES string of the molecule is CCCCCCCC(O)C(C)C(=O)N1C(=O)OCC1Cc1ccccc1. The number of aliphatic hydroxyl groups excluding tert-OH is 1. The summed E-state index contributed by atoms with van der Waals surface area (Å²) in [5.41, 5.74) is 1.05. The van der Waals surface area contributed by atoms with E-state index in [-0.39, 0.29) is 18.6 Å². The molecule has 0 aromatic heterocycles. The van der Waals surface area contributed by atoms with Crippen LogP contribution in [0.2, 0.25) is 0 Å². The Balaban J connectivity index is 1.91. The van der Waals surface area contributed by atoms with E-state index in [4.69, 9.17) is 4.74 Å². The van der Waals surface area contributed by atoms with Gasteiger partial charge in [-0.15, -0.1) is 0 Å². The van der Waals surface area contributed by atoms with Crippen molar-refractivity contribution >= 4 is 12.0 Å². The van der Waals surface area contributed by atoms with Crippen molar-refractivity contribution in [2.24, 2.45) is 5.92 Å². The summed E-state index contributed by atoms with van der Waals surface area (Å²) in [6.45, 7) is 4.07. The van der Waals surface area contributed by atoms with Crippen LogP contribution < -0.4 is 0 Å². The summed E-state index contributed by atoms with van der Waals surface area (Å²) in [5.74, 6) is -0.945. The van der Waals surface area contributed by atoms with Gasteiger partial charge in [0.2, 0.25) is 5.91 Å². The molecule has 1 heterocycles. The van der Waals surface area contributed by atoms with E-state index in [0.717, 1.165) is 24.8 Å². The van der Waals surface area contributed by atoms with Crippen molar-refractivity contribution < 1.29 is 19.4 Å². The highest BCUT2D eigenvalue weighted by molar-refractivity contribution is 5.94. The van der Waals surface area contributed by atoms with Gasteiger partial charge in [0.15, 0.2) is 0 Å². The van der Waals surface area contributed by atoms with Crippen molar-refractivity contribution in [2.45, 2.75) is 70.9 Å². The van der Waals surface area contributed by atoms with E-state index in [0.29, 0.717) is 12.8 Å². The fourth-order valence-electron chi connectivity index (χ4n) is 3.36. The Bertz CT molecular complexity index is 575. The first kappa shape index (κ1) is 20.4. The highest BCUT2D eigenvalue weighted by Gasteiger charge is 2.41. The number of imide groups is 1. The molecule has 3 atom stereocenters. The lowest BCUT2D eigenvalue weighted by molar-refractivity contribution is -0.136. The quantitative estimate of drug-likeness (QED) is 0.641. The minimum atomic E-state index is -0.727. The summed E-state index contributed by atoms with van der Waals surface area (Å²) in [4.78, 5) is 26.1. The number of benzene rings is 1. The summed E-state index contributed by atoms with van der Waals surface area (Å²) in [7, 11) is 0. The summed E-state index contributed by atoms with van der Waals surface area (Å²) in [6, 6.07) is 9.44. The summed E-state index contributed by atoms with van der Waals surface area (Å²) in [6.07, 6.45) is 5.32. The van der Waals surface area contributed by atoms with E-state index >= 15 is 0 Å². The van der Waals surface area contributed by atoms with Crippen LogP contribution in [0.1, 0.15) is 57.9 Å². The van der Waals surface area contributed by atoms with Crippen molar-refractivity contribution in [3.8, 4) is 0 Å². The molecule has 0 aliphatic carbocycles. The molecule has 0 spiro atoms. The molecule has 5 heteroatoms.